The first kappa shape index (κ1) is 20.3. The van der Waals surface area contributed by atoms with Gasteiger partial charge in [0.15, 0.2) is 6.61 Å². The number of rotatable bonds is 7. The predicted octanol–water partition coefficient (Wildman–Crippen LogP) is 2.24. The van der Waals surface area contributed by atoms with Gasteiger partial charge in [0.2, 0.25) is 11.7 Å². The Labute approximate surface area is 168 Å². The molecule has 7 nitrogen and oxygen atoms in total. The van der Waals surface area contributed by atoms with Crippen molar-refractivity contribution in [3.63, 3.8) is 0 Å². The summed E-state index contributed by atoms with van der Waals surface area (Å²) in [5.41, 5.74) is 3.17. The summed E-state index contributed by atoms with van der Waals surface area (Å²) >= 11 is 0. The van der Waals surface area contributed by atoms with Crippen LogP contribution in [0.3, 0.4) is 0 Å². The van der Waals surface area contributed by atoms with Crippen molar-refractivity contribution in [2.24, 2.45) is 0 Å². The van der Waals surface area contributed by atoms with Crippen LogP contribution in [0.2, 0.25) is 0 Å². The van der Waals surface area contributed by atoms with Gasteiger partial charge in [0.25, 0.3) is 5.91 Å². The third-order valence-corrected chi connectivity index (χ3v) is 4.97. The fraction of sp³-hybridized carbons (Fsp3) is 0.273. The van der Waals surface area contributed by atoms with E-state index >= 15 is 0 Å². The van der Waals surface area contributed by atoms with Crippen LogP contribution < -0.4 is 0 Å². The lowest BCUT2D eigenvalue weighted by Crippen LogP contribution is -2.45. The Bertz CT molecular complexity index is 1020. The van der Waals surface area contributed by atoms with E-state index in [1.165, 1.54) is 0 Å². The second-order valence-electron chi connectivity index (χ2n) is 6.89. The summed E-state index contributed by atoms with van der Waals surface area (Å²) in [6.45, 7) is 6.99. The van der Waals surface area contributed by atoms with Gasteiger partial charge in [-0.25, -0.2) is 0 Å². The zero-order valence-corrected chi connectivity index (χ0v) is 16.4. The zero-order valence-electron chi connectivity index (χ0n) is 16.4. The molecular formula is C22H22N2O5. The molecule has 0 aliphatic carbocycles. The highest BCUT2D eigenvalue weighted by atomic mass is 16.5. The molecule has 0 atom stereocenters. The van der Waals surface area contributed by atoms with Gasteiger partial charge in [-0.15, -0.1) is 6.58 Å². The van der Waals surface area contributed by atoms with Gasteiger partial charge in [-0.1, -0.05) is 24.3 Å². The van der Waals surface area contributed by atoms with Crippen molar-refractivity contribution < 1.29 is 23.9 Å². The summed E-state index contributed by atoms with van der Waals surface area (Å²) in [6.07, 6.45) is 1.78. The van der Waals surface area contributed by atoms with Crippen LogP contribution in [-0.4, -0.2) is 46.2 Å². The van der Waals surface area contributed by atoms with E-state index in [0.717, 1.165) is 16.3 Å². The maximum Gasteiger partial charge on any atom is 0.326 e. The van der Waals surface area contributed by atoms with Gasteiger partial charge in [0.1, 0.15) is 6.54 Å². The first-order chi connectivity index (χ1) is 13.8. The number of allylic oxidation sites excluding steroid dienone is 1. The number of nitrogens with zero attached hydrogens (tertiary/aromatic N) is 2. The molecule has 0 unspecified atom stereocenters. The molecule has 1 aromatic carbocycles. The molecule has 1 aliphatic heterocycles. The molecule has 2 amide bonds. The topological polar surface area (TPSA) is 85.7 Å². The second kappa shape index (κ2) is 8.26. The van der Waals surface area contributed by atoms with Crippen LogP contribution in [0.25, 0.3) is 0 Å². The SMILES string of the molecule is C=CCn1c(C)cc(C(=O)COC(=O)CN2C(=O)Cc3ccccc3C2=O)c1C. The number of Topliss-reactive ketones (excluding diaryl/α,β-unsaturated/α-hetero) is 1. The number of hydrogen-bond acceptors (Lipinski definition) is 5. The van der Waals surface area contributed by atoms with Crippen LogP contribution in [0.1, 0.15) is 37.7 Å². The monoisotopic (exact) mass is 394 g/mol. The minimum Gasteiger partial charge on any atom is -0.456 e. The van der Waals surface area contributed by atoms with Crippen molar-refractivity contribution in [1.29, 1.82) is 0 Å². The fourth-order valence-corrected chi connectivity index (χ4v) is 3.45. The van der Waals surface area contributed by atoms with E-state index in [1.807, 2.05) is 18.4 Å². The van der Waals surface area contributed by atoms with Crippen LogP contribution in [0.4, 0.5) is 0 Å². The van der Waals surface area contributed by atoms with E-state index in [9.17, 15) is 19.2 Å². The minimum atomic E-state index is -0.806. The Morgan fingerprint density at radius 3 is 2.66 bits per heavy atom. The van der Waals surface area contributed by atoms with Crippen molar-refractivity contribution in [3.05, 3.63) is 71.1 Å². The van der Waals surface area contributed by atoms with Crippen molar-refractivity contribution in [1.82, 2.24) is 9.47 Å². The third-order valence-electron chi connectivity index (χ3n) is 4.97. The van der Waals surface area contributed by atoms with Gasteiger partial charge in [0, 0.05) is 29.1 Å². The molecule has 3 rings (SSSR count). The standard InChI is InChI=1S/C22H22N2O5/c1-4-9-23-14(2)10-18(15(23)3)19(25)13-29-21(27)12-24-20(26)11-16-7-5-6-8-17(16)22(24)28/h4-8,10H,1,9,11-13H2,2-3H3. The maximum absolute atomic E-state index is 12.5. The molecule has 150 valence electrons. The molecule has 2 aromatic rings. The highest BCUT2D eigenvalue weighted by molar-refractivity contribution is 6.11. The van der Waals surface area contributed by atoms with E-state index in [4.69, 9.17) is 4.74 Å². The minimum absolute atomic E-state index is 0.0451. The van der Waals surface area contributed by atoms with Crippen molar-refractivity contribution in [2.75, 3.05) is 13.2 Å². The van der Waals surface area contributed by atoms with Crippen LogP contribution >= 0.6 is 0 Å². The summed E-state index contributed by atoms with van der Waals surface area (Å²) in [5, 5.41) is 0. The number of benzene rings is 1. The summed E-state index contributed by atoms with van der Waals surface area (Å²) < 4.78 is 6.98. The maximum atomic E-state index is 12.5. The lowest BCUT2D eigenvalue weighted by Gasteiger charge is -2.25. The molecule has 0 saturated carbocycles. The van der Waals surface area contributed by atoms with E-state index in [0.29, 0.717) is 23.2 Å². The number of amides is 2. The van der Waals surface area contributed by atoms with Crippen LogP contribution in [0.15, 0.2) is 43.0 Å². The van der Waals surface area contributed by atoms with Crippen LogP contribution in [0.5, 0.6) is 0 Å². The molecule has 1 aliphatic rings. The van der Waals surface area contributed by atoms with Gasteiger partial charge in [-0.05, 0) is 31.5 Å². The number of carbonyl (C=O) groups excluding carboxylic acids is 4. The van der Waals surface area contributed by atoms with Gasteiger partial charge >= 0.3 is 5.97 Å². The summed E-state index contributed by atoms with van der Waals surface area (Å²) in [5.74, 6) is -2.15. The number of imide groups is 1. The molecule has 0 fully saturated rings. The smallest absolute Gasteiger partial charge is 0.326 e. The molecule has 2 heterocycles. The Morgan fingerprint density at radius 1 is 1.21 bits per heavy atom. The number of ether oxygens (including phenoxy) is 1. The first-order valence-electron chi connectivity index (χ1n) is 9.22. The quantitative estimate of drug-likeness (QED) is 0.311. The van der Waals surface area contributed by atoms with Crippen molar-refractivity contribution in [2.45, 2.75) is 26.8 Å². The number of fused-ring (bicyclic) bond motifs is 1. The van der Waals surface area contributed by atoms with E-state index in [-0.39, 0.29) is 12.2 Å². The Morgan fingerprint density at radius 2 is 1.93 bits per heavy atom. The number of ketones is 1. The number of aryl methyl sites for hydroxylation is 1. The lowest BCUT2D eigenvalue weighted by molar-refractivity contribution is -0.146. The third kappa shape index (κ3) is 4.03. The largest absolute Gasteiger partial charge is 0.456 e. The summed E-state index contributed by atoms with van der Waals surface area (Å²) in [7, 11) is 0. The molecule has 29 heavy (non-hydrogen) atoms. The first-order valence-corrected chi connectivity index (χ1v) is 9.22. The Balaban J connectivity index is 1.63. The second-order valence-corrected chi connectivity index (χ2v) is 6.89. The normalized spacial score (nSPS) is 13.2. The van der Waals surface area contributed by atoms with Gasteiger partial charge in [-0.3, -0.25) is 24.1 Å². The molecule has 0 bridgehead atoms. The Hall–Kier alpha value is -3.48. The van der Waals surface area contributed by atoms with E-state index in [2.05, 4.69) is 6.58 Å². The number of aromatic nitrogens is 1. The number of hydrogen-bond donors (Lipinski definition) is 0. The molecule has 0 radical (unpaired) electrons. The average molecular weight is 394 g/mol. The molecule has 7 heteroatoms. The van der Waals surface area contributed by atoms with Crippen LogP contribution in [0, 0.1) is 13.8 Å². The van der Waals surface area contributed by atoms with Crippen LogP contribution in [-0.2, 0) is 27.3 Å². The van der Waals surface area contributed by atoms with Gasteiger partial charge in [0.05, 0.1) is 6.42 Å². The Kier molecular flexibility index (Phi) is 5.77. The highest BCUT2D eigenvalue weighted by Crippen LogP contribution is 2.20. The van der Waals surface area contributed by atoms with Crippen molar-refractivity contribution >= 4 is 23.6 Å². The number of carbonyl (C=O) groups is 4. The molecular weight excluding hydrogens is 372 g/mol. The number of esters is 1. The summed E-state index contributed by atoms with van der Waals surface area (Å²) in [6, 6.07) is 8.52. The van der Waals surface area contributed by atoms with Gasteiger partial charge < -0.3 is 9.30 Å². The van der Waals surface area contributed by atoms with E-state index < -0.39 is 30.9 Å². The fourth-order valence-electron chi connectivity index (χ4n) is 3.45. The average Bonchev–Trinajstić information content (AvgIpc) is 2.98. The highest BCUT2D eigenvalue weighted by Gasteiger charge is 2.32. The molecule has 0 saturated heterocycles. The van der Waals surface area contributed by atoms with Crippen molar-refractivity contribution in [3.8, 4) is 0 Å². The molecule has 1 aromatic heterocycles. The lowest BCUT2D eigenvalue weighted by atomic mass is 9.98. The van der Waals surface area contributed by atoms with E-state index in [1.54, 1.807) is 36.4 Å². The molecule has 0 spiro atoms. The van der Waals surface area contributed by atoms with Gasteiger partial charge in [-0.2, -0.15) is 0 Å². The summed E-state index contributed by atoms with van der Waals surface area (Å²) in [4.78, 5) is 50.2. The zero-order chi connectivity index (χ0) is 21.1. The predicted molar refractivity (Wildman–Crippen MR) is 106 cm³/mol. The molecule has 0 N–H and O–H groups in total.